The van der Waals surface area contributed by atoms with E-state index in [1.54, 1.807) is 6.07 Å². The Hall–Kier alpha value is -2.30. The van der Waals surface area contributed by atoms with Gasteiger partial charge in [0, 0.05) is 30.1 Å². The first-order valence-corrected chi connectivity index (χ1v) is 8.65. The minimum absolute atomic E-state index is 0.0342. The molecule has 4 rings (SSSR count). The van der Waals surface area contributed by atoms with E-state index in [-0.39, 0.29) is 18.1 Å². The molecule has 2 aliphatic rings. The lowest BCUT2D eigenvalue weighted by atomic mass is 9.92. The Balaban J connectivity index is 1.47. The van der Waals surface area contributed by atoms with Crippen LogP contribution in [0.5, 0.6) is 5.75 Å². The van der Waals surface area contributed by atoms with Crippen molar-refractivity contribution in [3.63, 3.8) is 0 Å². The Bertz CT molecular complexity index is 841. The fourth-order valence-electron chi connectivity index (χ4n) is 4.00. The molecular weight excluding hydrogens is 306 g/mol. The summed E-state index contributed by atoms with van der Waals surface area (Å²) in [6, 6.07) is 7.35. The molecule has 0 radical (unpaired) electrons. The summed E-state index contributed by atoms with van der Waals surface area (Å²) in [6.45, 7) is 2.91. The first-order valence-electron chi connectivity index (χ1n) is 8.65. The predicted octanol–water partition coefficient (Wildman–Crippen LogP) is 2.75. The van der Waals surface area contributed by atoms with E-state index < -0.39 is 0 Å². The standard InChI is InChI=1S/C19H21NO4/c1-2-12-8-19(22)24-17-9-14(6-7-15(12)17)23-11-18(21)20-10-13-4-3-5-16(13)20/h6-9,13,16H,2-5,10-11H2,1H3/t13-,16-/m0/s1. The summed E-state index contributed by atoms with van der Waals surface area (Å²) in [4.78, 5) is 25.8. The van der Waals surface area contributed by atoms with Crippen LogP contribution in [0.25, 0.3) is 11.0 Å². The minimum atomic E-state index is -0.361. The average molecular weight is 327 g/mol. The van der Waals surface area contributed by atoms with Gasteiger partial charge in [0.1, 0.15) is 11.3 Å². The van der Waals surface area contributed by atoms with Gasteiger partial charge in [-0.25, -0.2) is 4.79 Å². The third kappa shape index (κ3) is 2.58. The van der Waals surface area contributed by atoms with Crippen LogP contribution in [0.2, 0.25) is 0 Å². The van der Waals surface area contributed by atoms with Crippen LogP contribution >= 0.6 is 0 Å². The quantitative estimate of drug-likeness (QED) is 0.810. The fourth-order valence-corrected chi connectivity index (χ4v) is 4.00. The van der Waals surface area contributed by atoms with Crippen molar-refractivity contribution < 1.29 is 13.9 Å². The van der Waals surface area contributed by atoms with Crippen molar-refractivity contribution in [2.75, 3.05) is 13.2 Å². The van der Waals surface area contributed by atoms with Crippen molar-refractivity contribution in [3.8, 4) is 5.75 Å². The van der Waals surface area contributed by atoms with E-state index in [0.717, 1.165) is 30.3 Å². The van der Waals surface area contributed by atoms with E-state index in [1.165, 1.54) is 18.9 Å². The maximum atomic E-state index is 12.3. The molecule has 1 saturated carbocycles. The molecule has 1 aliphatic heterocycles. The molecule has 1 aromatic carbocycles. The number of carbonyl (C=O) groups excluding carboxylic acids is 1. The molecule has 1 aliphatic carbocycles. The maximum Gasteiger partial charge on any atom is 0.336 e. The van der Waals surface area contributed by atoms with Gasteiger partial charge in [-0.3, -0.25) is 4.79 Å². The molecule has 1 aromatic heterocycles. The molecular formula is C19H21NO4. The highest BCUT2D eigenvalue weighted by Gasteiger charge is 2.44. The van der Waals surface area contributed by atoms with Gasteiger partial charge in [0.15, 0.2) is 6.61 Å². The second-order valence-corrected chi connectivity index (χ2v) is 6.70. The van der Waals surface area contributed by atoms with E-state index in [1.807, 2.05) is 24.0 Å². The zero-order chi connectivity index (χ0) is 16.7. The van der Waals surface area contributed by atoms with Crippen molar-refractivity contribution in [2.45, 2.75) is 38.6 Å². The Labute approximate surface area is 140 Å². The van der Waals surface area contributed by atoms with Crippen LogP contribution in [0.3, 0.4) is 0 Å². The molecule has 2 fully saturated rings. The van der Waals surface area contributed by atoms with Gasteiger partial charge >= 0.3 is 5.63 Å². The topological polar surface area (TPSA) is 59.8 Å². The van der Waals surface area contributed by atoms with Crippen LogP contribution in [0.4, 0.5) is 0 Å². The number of ether oxygens (including phenoxy) is 1. The molecule has 2 heterocycles. The molecule has 1 amide bonds. The van der Waals surface area contributed by atoms with Crippen LogP contribution in [0.1, 0.15) is 31.7 Å². The van der Waals surface area contributed by atoms with Crippen molar-refractivity contribution >= 4 is 16.9 Å². The molecule has 5 heteroatoms. The van der Waals surface area contributed by atoms with E-state index in [9.17, 15) is 9.59 Å². The SMILES string of the molecule is CCc1cc(=O)oc2cc(OCC(=O)N3C[C@@H]4CCC[C@@H]43)ccc12. The van der Waals surface area contributed by atoms with Crippen molar-refractivity contribution in [1.82, 2.24) is 4.90 Å². The molecule has 2 atom stereocenters. The molecule has 0 N–H and O–H groups in total. The lowest BCUT2D eigenvalue weighted by molar-refractivity contribution is -0.144. The number of carbonyl (C=O) groups is 1. The van der Waals surface area contributed by atoms with Crippen LogP contribution in [0, 0.1) is 5.92 Å². The summed E-state index contributed by atoms with van der Waals surface area (Å²) in [5.41, 5.74) is 1.10. The van der Waals surface area contributed by atoms with Crippen LogP contribution < -0.4 is 10.4 Å². The highest BCUT2D eigenvalue weighted by molar-refractivity contribution is 5.82. The summed E-state index contributed by atoms with van der Waals surface area (Å²) < 4.78 is 10.9. The van der Waals surface area contributed by atoms with Crippen LogP contribution in [0.15, 0.2) is 33.5 Å². The van der Waals surface area contributed by atoms with Gasteiger partial charge in [0.05, 0.1) is 0 Å². The number of aryl methyl sites for hydroxylation is 1. The normalized spacial score (nSPS) is 22.3. The number of benzene rings is 1. The molecule has 24 heavy (non-hydrogen) atoms. The number of hydrogen-bond donors (Lipinski definition) is 0. The predicted molar refractivity (Wildman–Crippen MR) is 90.2 cm³/mol. The molecule has 1 saturated heterocycles. The van der Waals surface area contributed by atoms with Crippen molar-refractivity contribution in [3.05, 3.63) is 40.2 Å². The van der Waals surface area contributed by atoms with Gasteiger partial charge in [0.25, 0.3) is 5.91 Å². The zero-order valence-corrected chi connectivity index (χ0v) is 13.8. The lowest BCUT2D eigenvalue weighted by Gasteiger charge is -2.44. The van der Waals surface area contributed by atoms with E-state index in [4.69, 9.17) is 9.15 Å². The van der Waals surface area contributed by atoms with Gasteiger partial charge in [-0.2, -0.15) is 0 Å². The van der Waals surface area contributed by atoms with E-state index in [2.05, 4.69) is 0 Å². The van der Waals surface area contributed by atoms with E-state index in [0.29, 0.717) is 23.3 Å². The maximum absolute atomic E-state index is 12.3. The van der Waals surface area contributed by atoms with Crippen molar-refractivity contribution in [1.29, 1.82) is 0 Å². The first-order chi connectivity index (χ1) is 11.7. The van der Waals surface area contributed by atoms with Crippen LogP contribution in [-0.2, 0) is 11.2 Å². The minimum Gasteiger partial charge on any atom is -0.484 e. The third-order valence-corrected chi connectivity index (χ3v) is 5.32. The van der Waals surface area contributed by atoms with Gasteiger partial charge in [0.2, 0.25) is 0 Å². The zero-order valence-electron chi connectivity index (χ0n) is 13.8. The number of fused-ring (bicyclic) bond motifs is 2. The fraction of sp³-hybridized carbons (Fsp3) is 0.474. The third-order valence-electron chi connectivity index (χ3n) is 5.32. The van der Waals surface area contributed by atoms with E-state index >= 15 is 0 Å². The van der Waals surface area contributed by atoms with Gasteiger partial charge in [-0.15, -0.1) is 0 Å². The smallest absolute Gasteiger partial charge is 0.336 e. The Morgan fingerprint density at radius 3 is 3.00 bits per heavy atom. The Morgan fingerprint density at radius 2 is 2.21 bits per heavy atom. The summed E-state index contributed by atoms with van der Waals surface area (Å²) >= 11 is 0. The summed E-state index contributed by atoms with van der Waals surface area (Å²) in [7, 11) is 0. The molecule has 0 spiro atoms. The molecule has 0 unspecified atom stereocenters. The molecule has 5 nitrogen and oxygen atoms in total. The van der Waals surface area contributed by atoms with Crippen molar-refractivity contribution in [2.24, 2.45) is 5.92 Å². The molecule has 0 bridgehead atoms. The highest BCUT2D eigenvalue weighted by Crippen LogP contribution is 2.38. The van der Waals surface area contributed by atoms with Gasteiger partial charge in [-0.1, -0.05) is 13.3 Å². The number of hydrogen-bond acceptors (Lipinski definition) is 4. The van der Waals surface area contributed by atoms with Gasteiger partial charge < -0.3 is 14.1 Å². The highest BCUT2D eigenvalue weighted by atomic mass is 16.5. The number of likely N-dealkylation sites (tertiary alicyclic amines) is 1. The molecule has 2 aromatic rings. The van der Waals surface area contributed by atoms with Crippen LogP contribution in [-0.4, -0.2) is 30.0 Å². The summed E-state index contributed by atoms with van der Waals surface area (Å²) in [5, 5.41) is 0.910. The monoisotopic (exact) mass is 327 g/mol. The summed E-state index contributed by atoms with van der Waals surface area (Å²) in [6.07, 6.45) is 4.36. The Kier molecular flexibility index (Phi) is 3.79. The molecule has 126 valence electrons. The largest absolute Gasteiger partial charge is 0.484 e. The first kappa shape index (κ1) is 15.2. The average Bonchev–Trinajstić information content (AvgIpc) is 2.92. The van der Waals surface area contributed by atoms with Gasteiger partial charge in [-0.05, 0) is 42.9 Å². The number of rotatable bonds is 4. The second-order valence-electron chi connectivity index (χ2n) is 6.70. The second kappa shape index (κ2) is 5.96. The number of amides is 1. The summed E-state index contributed by atoms with van der Waals surface area (Å²) in [5.74, 6) is 1.30. The Morgan fingerprint density at radius 1 is 1.33 bits per heavy atom. The number of nitrogens with zero attached hydrogens (tertiary/aromatic N) is 1. The lowest BCUT2D eigenvalue weighted by Crippen LogP contribution is -2.57.